The van der Waals surface area contributed by atoms with Crippen molar-refractivity contribution >= 4 is 11.9 Å². The fraction of sp³-hybridized carbons (Fsp3) is 0.833. The first kappa shape index (κ1) is 13.1. The largest absolute Gasteiger partial charge is 0.359 e. The minimum atomic E-state index is -0.432. The van der Waals surface area contributed by atoms with Crippen molar-refractivity contribution in [1.29, 1.82) is 0 Å². The predicted molar refractivity (Wildman–Crippen MR) is 68.2 cm³/mol. The number of urea groups is 1. The van der Waals surface area contributed by atoms with E-state index in [4.69, 9.17) is 0 Å². The predicted octanol–water partition coefficient (Wildman–Crippen LogP) is -0.530. The number of hydrogen-bond donors (Lipinski definition) is 2. The fourth-order valence-corrected chi connectivity index (χ4v) is 2.67. The molecule has 2 heterocycles. The van der Waals surface area contributed by atoms with Gasteiger partial charge in [-0.15, -0.1) is 0 Å². The third-order valence-corrected chi connectivity index (χ3v) is 3.91. The zero-order chi connectivity index (χ0) is 13.2. The van der Waals surface area contributed by atoms with E-state index in [1.807, 2.05) is 11.8 Å². The Bertz CT molecular complexity index is 341. The highest BCUT2D eigenvalue weighted by molar-refractivity contribution is 5.84. The molecule has 2 aliphatic heterocycles. The number of carbonyl (C=O) groups is 2. The molecule has 2 aliphatic rings. The van der Waals surface area contributed by atoms with Crippen LogP contribution in [0.3, 0.4) is 0 Å². The molecule has 18 heavy (non-hydrogen) atoms. The van der Waals surface area contributed by atoms with Gasteiger partial charge in [-0.25, -0.2) is 4.79 Å². The first-order valence-corrected chi connectivity index (χ1v) is 6.53. The molecule has 0 bridgehead atoms. The lowest BCUT2D eigenvalue weighted by Gasteiger charge is -2.32. The van der Waals surface area contributed by atoms with Crippen molar-refractivity contribution in [3.8, 4) is 0 Å². The number of rotatable bonds is 1. The van der Waals surface area contributed by atoms with Gasteiger partial charge < -0.3 is 20.4 Å². The van der Waals surface area contributed by atoms with Crippen LogP contribution in [-0.4, -0.2) is 68.1 Å². The average Bonchev–Trinajstić information content (AvgIpc) is 2.82. The maximum Gasteiger partial charge on any atom is 0.320 e. The van der Waals surface area contributed by atoms with Gasteiger partial charge in [-0.2, -0.15) is 0 Å². The summed E-state index contributed by atoms with van der Waals surface area (Å²) in [5, 5.41) is 5.91. The number of piperazine rings is 1. The minimum absolute atomic E-state index is 0.0260. The van der Waals surface area contributed by atoms with Crippen molar-refractivity contribution in [2.45, 2.75) is 13.3 Å². The molecule has 2 fully saturated rings. The molecule has 1 unspecified atom stereocenters. The van der Waals surface area contributed by atoms with Gasteiger partial charge in [-0.05, 0) is 13.3 Å². The second kappa shape index (κ2) is 5.14. The number of amides is 3. The van der Waals surface area contributed by atoms with Crippen LogP contribution in [0, 0.1) is 5.41 Å². The molecular formula is C12H22N4O2. The van der Waals surface area contributed by atoms with E-state index in [0.29, 0.717) is 13.1 Å². The molecule has 0 radical (unpaired) electrons. The van der Waals surface area contributed by atoms with Crippen LogP contribution in [0.1, 0.15) is 13.3 Å². The Morgan fingerprint density at radius 1 is 1.17 bits per heavy atom. The van der Waals surface area contributed by atoms with Gasteiger partial charge in [0, 0.05) is 46.3 Å². The summed E-state index contributed by atoms with van der Waals surface area (Å²) in [6.07, 6.45) is 0.741. The standard InChI is InChI=1S/C12H22N4O2/c1-12(10(17)13-2)3-6-16(9-12)11(18)15-7-4-14-5-8-15/h14H,3-9H2,1-2H3,(H,13,17). The summed E-state index contributed by atoms with van der Waals surface area (Å²) in [6.45, 7) is 6.34. The number of hydrogen-bond acceptors (Lipinski definition) is 3. The lowest BCUT2D eigenvalue weighted by atomic mass is 9.89. The van der Waals surface area contributed by atoms with Crippen LogP contribution in [0.4, 0.5) is 4.79 Å². The molecule has 0 aromatic rings. The number of nitrogens with one attached hydrogen (secondary N) is 2. The van der Waals surface area contributed by atoms with Crippen LogP contribution in [0.15, 0.2) is 0 Å². The second-order valence-corrected chi connectivity index (χ2v) is 5.33. The first-order chi connectivity index (χ1) is 8.57. The molecule has 0 aromatic carbocycles. The van der Waals surface area contributed by atoms with E-state index in [0.717, 1.165) is 32.6 Å². The summed E-state index contributed by atoms with van der Waals surface area (Å²) in [4.78, 5) is 27.8. The Morgan fingerprint density at radius 2 is 1.83 bits per heavy atom. The topological polar surface area (TPSA) is 64.7 Å². The lowest BCUT2D eigenvalue weighted by Crippen LogP contribution is -2.51. The Kier molecular flexibility index (Phi) is 3.75. The molecule has 102 valence electrons. The van der Waals surface area contributed by atoms with Crippen LogP contribution in [-0.2, 0) is 4.79 Å². The molecule has 0 aromatic heterocycles. The highest BCUT2D eigenvalue weighted by Gasteiger charge is 2.42. The Labute approximate surface area is 108 Å². The molecule has 0 spiro atoms. The Hall–Kier alpha value is -1.30. The Morgan fingerprint density at radius 3 is 2.44 bits per heavy atom. The number of likely N-dealkylation sites (tertiary alicyclic amines) is 1. The van der Waals surface area contributed by atoms with E-state index >= 15 is 0 Å². The van der Waals surface area contributed by atoms with Gasteiger partial charge in [0.2, 0.25) is 5.91 Å². The molecule has 2 saturated heterocycles. The molecule has 6 heteroatoms. The van der Waals surface area contributed by atoms with Crippen LogP contribution >= 0.6 is 0 Å². The number of carbonyl (C=O) groups excluding carboxylic acids is 2. The molecule has 6 nitrogen and oxygen atoms in total. The highest BCUT2D eigenvalue weighted by atomic mass is 16.2. The van der Waals surface area contributed by atoms with Crippen molar-refractivity contribution in [1.82, 2.24) is 20.4 Å². The van der Waals surface area contributed by atoms with Gasteiger partial charge >= 0.3 is 6.03 Å². The fourth-order valence-electron chi connectivity index (χ4n) is 2.67. The molecule has 2 rings (SSSR count). The van der Waals surface area contributed by atoms with E-state index in [1.54, 1.807) is 11.9 Å². The zero-order valence-electron chi connectivity index (χ0n) is 11.2. The normalized spacial score (nSPS) is 28.3. The van der Waals surface area contributed by atoms with Crippen LogP contribution < -0.4 is 10.6 Å². The zero-order valence-corrected chi connectivity index (χ0v) is 11.2. The van der Waals surface area contributed by atoms with Crippen LogP contribution in [0.5, 0.6) is 0 Å². The molecule has 2 N–H and O–H groups in total. The van der Waals surface area contributed by atoms with E-state index in [2.05, 4.69) is 10.6 Å². The molecular weight excluding hydrogens is 232 g/mol. The van der Waals surface area contributed by atoms with E-state index in [-0.39, 0.29) is 11.9 Å². The lowest BCUT2D eigenvalue weighted by molar-refractivity contribution is -0.128. The Balaban J connectivity index is 1.95. The molecule has 1 atom stereocenters. The highest BCUT2D eigenvalue weighted by Crippen LogP contribution is 2.30. The van der Waals surface area contributed by atoms with Crippen LogP contribution in [0.25, 0.3) is 0 Å². The molecule has 3 amide bonds. The van der Waals surface area contributed by atoms with Gasteiger partial charge in [0.15, 0.2) is 0 Å². The third-order valence-electron chi connectivity index (χ3n) is 3.91. The minimum Gasteiger partial charge on any atom is -0.359 e. The van der Waals surface area contributed by atoms with Crippen molar-refractivity contribution in [2.75, 3.05) is 46.3 Å². The van der Waals surface area contributed by atoms with Crippen LogP contribution in [0.2, 0.25) is 0 Å². The van der Waals surface area contributed by atoms with Crippen molar-refractivity contribution in [3.63, 3.8) is 0 Å². The third kappa shape index (κ3) is 2.43. The quantitative estimate of drug-likeness (QED) is 0.661. The van der Waals surface area contributed by atoms with E-state index in [1.165, 1.54) is 0 Å². The SMILES string of the molecule is CNC(=O)C1(C)CCN(C(=O)N2CCNCC2)C1. The van der Waals surface area contributed by atoms with Gasteiger partial charge in [-0.1, -0.05) is 0 Å². The summed E-state index contributed by atoms with van der Waals surface area (Å²) in [7, 11) is 1.65. The van der Waals surface area contributed by atoms with Gasteiger partial charge in [0.1, 0.15) is 0 Å². The summed E-state index contributed by atoms with van der Waals surface area (Å²) < 4.78 is 0. The van der Waals surface area contributed by atoms with E-state index < -0.39 is 5.41 Å². The van der Waals surface area contributed by atoms with Gasteiger partial charge in [-0.3, -0.25) is 4.79 Å². The smallest absolute Gasteiger partial charge is 0.320 e. The van der Waals surface area contributed by atoms with Crippen molar-refractivity contribution in [3.05, 3.63) is 0 Å². The second-order valence-electron chi connectivity index (χ2n) is 5.33. The molecule has 0 saturated carbocycles. The first-order valence-electron chi connectivity index (χ1n) is 6.53. The summed E-state index contributed by atoms with van der Waals surface area (Å²) >= 11 is 0. The van der Waals surface area contributed by atoms with E-state index in [9.17, 15) is 9.59 Å². The maximum absolute atomic E-state index is 12.3. The monoisotopic (exact) mass is 254 g/mol. The van der Waals surface area contributed by atoms with Crippen molar-refractivity contribution in [2.24, 2.45) is 5.41 Å². The molecule has 0 aliphatic carbocycles. The number of nitrogens with zero attached hydrogens (tertiary/aromatic N) is 2. The van der Waals surface area contributed by atoms with Gasteiger partial charge in [0.05, 0.1) is 5.41 Å². The average molecular weight is 254 g/mol. The summed E-state index contributed by atoms with van der Waals surface area (Å²) in [5.41, 5.74) is -0.432. The van der Waals surface area contributed by atoms with Crippen molar-refractivity contribution < 1.29 is 9.59 Å². The van der Waals surface area contributed by atoms with Gasteiger partial charge in [0.25, 0.3) is 0 Å². The maximum atomic E-state index is 12.3. The summed E-state index contributed by atoms with van der Waals surface area (Å²) in [5.74, 6) is 0.0260. The summed E-state index contributed by atoms with van der Waals surface area (Å²) in [6, 6.07) is 0.0733.